The molecule has 1 amide bonds. The summed E-state index contributed by atoms with van der Waals surface area (Å²) in [5.74, 6) is -0.627. The molecular formula is C20H27ClFNO6. The molecule has 9 heteroatoms. The average Bonchev–Trinajstić information content (AvgIpc) is 2.85. The number of hydrogen-bond acceptors (Lipinski definition) is 6. The second-order valence-electron chi connectivity index (χ2n) is 8.55. The highest BCUT2D eigenvalue weighted by Gasteiger charge is 2.46. The zero-order valence-electron chi connectivity index (χ0n) is 17.5. The van der Waals surface area contributed by atoms with E-state index >= 15 is 0 Å². The van der Waals surface area contributed by atoms with Crippen LogP contribution in [0.15, 0.2) is 12.1 Å². The molecule has 2 saturated heterocycles. The number of ether oxygens (including phenoxy) is 5. The first-order valence-corrected chi connectivity index (χ1v) is 9.84. The Kier molecular flexibility index (Phi) is 6.02. The standard InChI is InChI=1S/C20H27ClFNO6/c1-11-27-17(28-11)13-7-15(22)16(8-14(13)21)25-9-12-10-26-20(5,6)23(12)18(24)29-19(2,3)4/h7-8,11-12,17H,9-10H2,1-6H3. The minimum atomic E-state index is -0.869. The van der Waals surface area contributed by atoms with Gasteiger partial charge in [0.15, 0.2) is 24.1 Å². The van der Waals surface area contributed by atoms with Crippen LogP contribution in [0.2, 0.25) is 5.02 Å². The molecule has 7 nitrogen and oxygen atoms in total. The summed E-state index contributed by atoms with van der Waals surface area (Å²) in [5.41, 5.74) is -1.12. The molecule has 29 heavy (non-hydrogen) atoms. The lowest BCUT2D eigenvalue weighted by Crippen LogP contribution is -2.51. The molecule has 1 aromatic carbocycles. The minimum absolute atomic E-state index is 0.0166. The molecule has 2 heterocycles. The maximum absolute atomic E-state index is 14.5. The van der Waals surface area contributed by atoms with Crippen LogP contribution in [-0.4, -0.2) is 47.9 Å². The Morgan fingerprint density at radius 1 is 1.34 bits per heavy atom. The van der Waals surface area contributed by atoms with Crippen LogP contribution < -0.4 is 4.74 Å². The second-order valence-corrected chi connectivity index (χ2v) is 8.96. The van der Waals surface area contributed by atoms with E-state index in [2.05, 4.69) is 0 Å². The number of nitrogens with zero attached hydrogens (tertiary/aromatic N) is 1. The van der Waals surface area contributed by atoms with Crippen molar-refractivity contribution in [3.05, 3.63) is 28.5 Å². The normalized spacial score (nSPS) is 26.2. The number of halogens is 2. The van der Waals surface area contributed by atoms with Crippen molar-refractivity contribution in [2.24, 2.45) is 0 Å². The van der Waals surface area contributed by atoms with Crippen molar-refractivity contribution in [2.75, 3.05) is 13.2 Å². The van der Waals surface area contributed by atoms with Gasteiger partial charge in [0.25, 0.3) is 0 Å². The molecule has 3 rings (SSSR count). The van der Waals surface area contributed by atoms with Crippen LogP contribution in [0, 0.1) is 5.82 Å². The van der Waals surface area contributed by atoms with Gasteiger partial charge in [0.05, 0.1) is 17.7 Å². The fourth-order valence-corrected chi connectivity index (χ4v) is 3.46. The van der Waals surface area contributed by atoms with Gasteiger partial charge in [-0.05, 0) is 47.6 Å². The molecule has 1 atom stereocenters. The van der Waals surface area contributed by atoms with Crippen molar-refractivity contribution in [3.63, 3.8) is 0 Å². The summed E-state index contributed by atoms with van der Waals surface area (Å²) in [6.07, 6.45) is -1.55. The summed E-state index contributed by atoms with van der Waals surface area (Å²) in [4.78, 5) is 14.1. The lowest BCUT2D eigenvalue weighted by atomic mass is 10.1. The van der Waals surface area contributed by atoms with Crippen molar-refractivity contribution in [3.8, 4) is 5.75 Å². The molecule has 2 fully saturated rings. The number of carbonyl (C=O) groups is 1. The third kappa shape index (κ3) is 4.94. The van der Waals surface area contributed by atoms with Gasteiger partial charge in [-0.2, -0.15) is 0 Å². The monoisotopic (exact) mass is 431 g/mol. The van der Waals surface area contributed by atoms with E-state index in [0.29, 0.717) is 5.56 Å². The first-order valence-electron chi connectivity index (χ1n) is 9.46. The second kappa shape index (κ2) is 7.91. The van der Waals surface area contributed by atoms with Crippen LogP contribution in [0.1, 0.15) is 53.4 Å². The Labute approximate surface area is 174 Å². The van der Waals surface area contributed by atoms with Gasteiger partial charge in [-0.15, -0.1) is 0 Å². The third-order valence-electron chi connectivity index (χ3n) is 4.53. The van der Waals surface area contributed by atoms with Crippen molar-refractivity contribution >= 4 is 17.7 Å². The molecule has 0 bridgehead atoms. The topological polar surface area (TPSA) is 66.5 Å². The molecule has 0 saturated carbocycles. The van der Waals surface area contributed by atoms with E-state index in [1.807, 2.05) is 0 Å². The van der Waals surface area contributed by atoms with Crippen LogP contribution in [-0.2, 0) is 18.9 Å². The van der Waals surface area contributed by atoms with Gasteiger partial charge < -0.3 is 23.7 Å². The smallest absolute Gasteiger partial charge is 0.413 e. The van der Waals surface area contributed by atoms with E-state index in [1.165, 1.54) is 17.0 Å². The van der Waals surface area contributed by atoms with E-state index in [1.54, 1.807) is 41.5 Å². The highest BCUT2D eigenvalue weighted by Crippen LogP contribution is 2.38. The Bertz CT molecular complexity index is 775. The zero-order chi connectivity index (χ0) is 21.6. The van der Waals surface area contributed by atoms with Crippen molar-refractivity contribution in [1.29, 1.82) is 0 Å². The predicted octanol–water partition coefficient (Wildman–Crippen LogP) is 4.62. The van der Waals surface area contributed by atoms with Crippen LogP contribution in [0.4, 0.5) is 9.18 Å². The van der Waals surface area contributed by atoms with Gasteiger partial charge in [0.1, 0.15) is 17.9 Å². The summed E-state index contributed by atoms with van der Waals surface area (Å²) in [6, 6.07) is 2.16. The quantitative estimate of drug-likeness (QED) is 0.693. The Morgan fingerprint density at radius 2 is 2.00 bits per heavy atom. The van der Waals surface area contributed by atoms with Gasteiger partial charge in [0, 0.05) is 11.6 Å². The summed E-state index contributed by atoms with van der Waals surface area (Å²) in [7, 11) is 0. The van der Waals surface area contributed by atoms with E-state index < -0.39 is 35.6 Å². The zero-order valence-corrected chi connectivity index (χ0v) is 18.2. The number of amides is 1. The highest BCUT2D eigenvalue weighted by molar-refractivity contribution is 6.31. The lowest BCUT2D eigenvalue weighted by molar-refractivity contribution is -0.382. The van der Waals surface area contributed by atoms with Crippen molar-refractivity contribution < 1.29 is 32.9 Å². The molecular weight excluding hydrogens is 405 g/mol. The molecule has 0 N–H and O–H groups in total. The average molecular weight is 432 g/mol. The SMILES string of the molecule is CC1OC(c2cc(F)c(OCC3COC(C)(C)N3C(=O)OC(C)(C)C)cc2Cl)O1. The fraction of sp³-hybridized carbons (Fsp3) is 0.650. The lowest BCUT2D eigenvalue weighted by Gasteiger charge is -2.35. The number of carbonyl (C=O) groups excluding carboxylic acids is 1. The molecule has 1 unspecified atom stereocenters. The van der Waals surface area contributed by atoms with Gasteiger partial charge in [0.2, 0.25) is 0 Å². The Morgan fingerprint density at radius 3 is 2.59 bits per heavy atom. The summed E-state index contributed by atoms with van der Waals surface area (Å²) >= 11 is 6.23. The van der Waals surface area contributed by atoms with E-state index in [4.69, 9.17) is 35.3 Å². The first-order chi connectivity index (χ1) is 13.4. The Balaban J connectivity index is 1.69. The largest absolute Gasteiger partial charge is 0.488 e. The fourth-order valence-electron chi connectivity index (χ4n) is 3.21. The third-order valence-corrected chi connectivity index (χ3v) is 4.86. The number of rotatable bonds is 4. The van der Waals surface area contributed by atoms with E-state index in [9.17, 15) is 9.18 Å². The highest BCUT2D eigenvalue weighted by atomic mass is 35.5. The number of hydrogen-bond donors (Lipinski definition) is 0. The molecule has 1 aromatic rings. The van der Waals surface area contributed by atoms with Crippen LogP contribution in [0.5, 0.6) is 5.75 Å². The van der Waals surface area contributed by atoms with Crippen molar-refractivity contribution in [2.45, 2.75) is 71.5 Å². The van der Waals surface area contributed by atoms with Gasteiger partial charge in [-0.25, -0.2) is 9.18 Å². The van der Waals surface area contributed by atoms with Gasteiger partial charge >= 0.3 is 6.09 Å². The summed E-state index contributed by atoms with van der Waals surface area (Å²) in [6.45, 7) is 10.9. The molecule has 0 radical (unpaired) electrons. The van der Waals surface area contributed by atoms with Gasteiger partial charge in [-0.1, -0.05) is 11.6 Å². The molecule has 0 aliphatic carbocycles. The molecule has 2 aliphatic heterocycles. The molecule has 2 aliphatic rings. The van der Waals surface area contributed by atoms with Gasteiger partial charge in [-0.3, -0.25) is 4.90 Å². The minimum Gasteiger partial charge on any atom is -0.488 e. The van der Waals surface area contributed by atoms with Crippen LogP contribution in [0.25, 0.3) is 0 Å². The first kappa shape index (κ1) is 22.1. The maximum atomic E-state index is 14.5. The van der Waals surface area contributed by atoms with Crippen LogP contribution in [0.3, 0.4) is 0 Å². The Hall–Kier alpha value is -1.61. The summed E-state index contributed by atoms with van der Waals surface area (Å²) < 4.78 is 42.1. The molecule has 162 valence electrons. The van der Waals surface area contributed by atoms with E-state index in [-0.39, 0.29) is 30.3 Å². The van der Waals surface area contributed by atoms with Crippen LogP contribution >= 0.6 is 11.6 Å². The number of benzene rings is 1. The summed E-state index contributed by atoms with van der Waals surface area (Å²) in [5, 5.41) is 0.269. The maximum Gasteiger partial charge on any atom is 0.413 e. The molecule has 0 aromatic heterocycles. The van der Waals surface area contributed by atoms with Crippen molar-refractivity contribution in [1.82, 2.24) is 4.90 Å². The van der Waals surface area contributed by atoms with E-state index in [0.717, 1.165) is 0 Å². The molecule has 0 spiro atoms. The predicted molar refractivity (Wildman–Crippen MR) is 103 cm³/mol.